The van der Waals surface area contributed by atoms with Crippen molar-refractivity contribution in [3.8, 4) is 5.75 Å². The number of benzene rings is 1. The SMILES string of the molecule is CCCS(=O)(=O)N1CCN(C(=O)c2ccccc2OC)CC1. The maximum absolute atomic E-state index is 12.5. The molecule has 0 N–H and O–H groups in total. The van der Waals surface area contributed by atoms with Crippen LogP contribution in [0, 0.1) is 0 Å². The molecule has 0 radical (unpaired) electrons. The number of para-hydroxylation sites is 1. The molecule has 0 bridgehead atoms. The summed E-state index contributed by atoms with van der Waals surface area (Å²) in [6, 6.07) is 7.07. The van der Waals surface area contributed by atoms with Gasteiger partial charge in [0.15, 0.2) is 0 Å². The Kier molecular flexibility index (Phi) is 5.42. The van der Waals surface area contributed by atoms with Crippen molar-refractivity contribution in [1.29, 1.82) is 0 Å². The van der Waals surface area contributed by atoms with Crippen molar-refractivity contribution in [3.63, 3.8) is 0 Å². The molecule has 1 aromatic carbocycles. The van der Waals surface area contributed by atoms with Crippen LogP contribution in [-0.2, 0) is 10.0 Å². The molecule has 1 aromatic rings. The zero-order chi connectivity index (χ0) is 16.2. The highest BCUT2D eigenvalue weighted by atomic mass is 32.2. The van der Waals surface area contributed by atoms with Crippen LogP contribution < -0.4 is 4.74 Å². The lowest BCUT2D eigenvalue weighted by Crippen LogP contribution is -2.51. The Morgan fingerprint density at radius 1 is 1.18 bits per heavy atom. The van der Waals surface area contributed by atoms with Gasteiger partial charge in [-0.2, -0.15) is 4.31 Å². The molecule has 0 atom stereocenters. The lowest BCUT2D eigenvalue weighted by atomic mass is 10.1. The molecular formula is C15H22N2O4S. The van der Waals surface area contributed by atoms with Crippen LogP contribution in [0.5, 0.6) is 5.75 Å². The van der Waals surface area contributed by atoms with Gasteiger partial charge in [0.1, 0.15) is 5.75 Å². The summed E-state index contributed by atoms with van der Waals surface area (Å²) < 4.78 is 30.8. The van der Waals surface area contributed by atoms with Crippen molar-refractivity contribution < 1.29 is 17.9 Å². The summed E-state index contributed by atoms with van der Waals surface area (Å²) in [7, 11) is -1.66. The van der Waals surface area contributed by atoms with Crippen molar-refractivity contribution in [3.05, 3.63) is 29.8 Å². The summed E-state index contributed by atoms with van der Waals surface area (Å²) >= 11 is 0. The van der Waals surface area contributed by atoms with Crippen molar-refractivity contribution in [2.24, 2.45) is 0 Å². The molecule has 0 spiro atoms. The third kappa shape index (κ3) is 3.59. The van der Waals surface area contributed by atoms with Gasteiger partial charge in [0.2, 0.25) is 10.0 Å². The Morgan fingerprint density at radius 2 is 1.82 bits per heavy atom. The molecule has 0 aromatic heterocycles. The van der Waals surface area contributed by atoms with Gasteiger partial charge in [0.25, 0.3) is 5.91 Å². The quantitative estimate of drug-likeness (QED) is 0.815. The Morgan fingerprint density at radius 3 is 2.41 bits per heavy atom. The van der Waals surface area contributed by atoms with Crippen molar-refractivity contribution in [2.75, 3.05) is 39.0 Å². The van der Waals surface area contributed by atoms with Crippen molar-refractivity contribution in [1.82, 2.24) is 9.21 Å². The third-order valence-corrected chi connectivity index (χ3v) is 5.79. The minimum atomic E-state index is -3.19. The summed E-state index contributed by atoms with van der Waals surface area (Å²) in [5, 5.41) is 0. The highest BCUT2D eigenvalue weighted by molar-refractivity contribution is 7.89. The zero-order valence-electron chi connectivity index (χ0n) is 13.0. The smallest absolute Gasteiger partial charge is 0.257 e. The highest BCUT2D eigenvalue weighted by Gasteiger charge is 2.29. The van der Waals surface area contributed by atoms with E-state index < -0.39 is 10.0 Å². The number of piperazine rings is 1. The maximum atomic E-state index is 12.5. The van der Waals surface area contributed by atoms with E-state index >= 15 is 0 Å². The van der Waals surface area contributed by atoms with Crippen LogP contribution in [0.2, 0.25) is 0 Å². The van der Waals surface area contributed by atoms with Crippen LogP contribution >= 0.6 is 0 Å². The molecule has 2 rings (SSSR count). The molecule has 1 saturated heterocycles. The predicted molar refractivity (Wildman–Crippen MR) is 84.5 cm³/mol. The molecule has 1 aliphatic rings. The number of hydrogen-bond acceptors (Lipinski definition) is 4. The fraction of sp³-hybridized carbons (Fsp3) is 0.533. The summed E-state index contributed by atoms with van der Waals surface area (Å²) in [5.74, 6) is 0.575. The summed E-state index contributed by atoms with van der Waals surface area (Å²) in [4.78, 5) is 14.2. The monoisotopic (exact) mass is 326 g/mol. The van der Waals surface area contributed by atoms with Gasteiger partial charge in [-0.05, 0) is 18.6 Å². The minimum Gasteiger partial charge on any atom is -0.496 e. The van der Waals surface area contributed by atoms with Gasteiger partial charge in [-0.1, -0.05) is 19.1 Å². The number of methoxy groups -OCH3 is 1. The van der Waals surface area contributed by atoms with Crippen LogP contribution in [0.4, 0.5) is 0 Å². The molecule has 122 valence electrons. The van der Waals surface area contributed by atoms with Crippen molar-refractivity contribution >= 4 is 15.9 Å². The summed E-state index contributed by atoms with van der Waals surface area (Å²) in [6.07, 6.45) is 0.600. The molecular weight excluding hydrogens is 304 g/mol. The molecule has 0 saturated carbocycles. The fourth-order valence-corrected chi connectivity index (χ4v) is 4.04. The molecule has 1 aliphatic heterocycles. The van der Waals surface area contributed by atoms with Gasteiger partial charge in [-0.25, -0.2) is 8.42 Å². The molecule has 1 amide bonds. The van der Waals surface area contributed by atoms with Crippen LogP contribution in [-0.4, -0.2) is 62.6 Å². The number of carbonyl (C=O) groups excluding carboxylic acids is 1. The predicted octanol–water partition coefficient (Wildman–Crippen LogP) is 1.19. The second-order valence-electron chi connectivity index (χ2n) is 5.21. The first-order valence-corrected chi connectivity index (χ1v) is 9.00. The first-order valence-electron chi connectivity index (χ1n) is 7.39. The second kappa shape index (κ2) is 7.11. The van der Waals surface area contributed by atoms with Gasteiger partial charge >= 0.3 is 0 Å². The van der Waals surface area contributed by atoms with Gasteiger partial charge in [-0.15, -0.1) is 0 Å². The standard InChI is InChI=1S/C15H22N2O4S/c1-3-12-22(19,20)17-10-8-16(9-11-17)15(18)13-6-4-5-7-14(13)21-2/h4-7H,3,8-12H2,1-2H3. The van der Waals surface area contributed by atoms with E-state index in [0.717, 1.165) is 0 Å². The second-order valence-corrected chi connectivity index (χ2v) is 7.30. The van der Waals surface area contributed by atoms with E-state index in [2.05, 4.69) is 0 Å². The summed E-state index contributed by atoms with van der Waals surface area (Å²) in [5.41, 5.74) is 0.509. The molecule has 1 fully saturated rings. The van der Waals surface area contributed by atoms with Gasteiger partial charge in [0.05, 0.1) is 18.4 Å². The van der Waals surface area contributed by atoms with E-state index in [1.807, 2.05) is 13.0 Å². The van der Waals surface area contributed by atoms with Crippen LogP contribution in [0.1, 0.15) is 23.7 Å². The minimum absolute atomic E-state index is 0.120. The Hall–Kier alpha value is -1.60. The van der Waals surface area contributed by atoms with Crippen molar-refractivity contribution in [2.45, 2.75) is 13.3 Å². The number of carbonyl (C=O) groups is 1. The molecule has 22 heavy (non-hydrogen) atoms. The van der Waals surface area contributed by atoms with E-state index in [1.165, 1.54) is 11.4 Å². The van der Waals surface area contributed by atoms with Crippen LogP contribution in [0.25, 0.3) is 0 Å². The maximum Gasteiger partial charge on any atom is 0.257 e. The molecule has 0 unspecified atom stereocenters. The number of amides is 1. The molecule has 1 heterocycles. The molecule has 6 nitrogen and oxygen atoms in total. The van der Waals surface area contributed by atoms with E-state index in [4.69, 9.17) is 4.74 Å². The Bertz CT molecular complexity index is 622. The number of hydrogen-bond donors (Lipinski definition) is 0. The number of ether oxygens (including phenoxy) is 1. The fourth-order valence-electron chi connectivity index (χ4n) is 2.55. The third-order valence-electron chi connectivity index (χ3n) is 3.72. The van der Waals surface area contributed by atoms with E-state index in [1.54, 1.807) is 23.1 Å². The lowest BCUT2D eigenvalue weighted by molar-refractivity contribution is 0.0694. The number of sulfonamides is 1. The Balaban J connectivity index is 2.04. The average molecular weight is 326 g/mol. The number of rotatable bonds is 5. The largest absolute Gasteiger partial charge is 0.496 e. The van der Waals surface area contributed by atoms with Gasteiger partial charge in [0, 0.05) is 26.2 Å². The zero-order valence-corrected chi connectivity index (χ0v) is 13.8. The topological polar surface area (TPSA) is 66.9 Å². The van der Waals surface area contributed by atoms with Gasteiger partial charge < -0.3 is 9.64 Å². The first kappa shape index (κ1) is 16.8. The number of nitrogens with zero attached hydrogens (tertiary/aromatic N) is 2. The van der Waals surface area contributed by atoms with E-state index in [-0.39, 0.29) is 11.7 Å². The Labute approximate surface area is 131 Å². The normalized spacial score (nSPS) is 16.5. The lowest BCUT2D eigenvalue weighted by Gasteiger charge is -2.34. The molecule has 7 heteroatoms. The molecule has 0 aliphatic carbocycles. The van der Waals surface area contributed by atoms with Gasteiger partial charge in [-0.3, -0.25) is 4.79 Å². The van der Waals surface area contributed by atoms with Crippen LogP contribution in [0.15, 0.2) is 24.3 Å². The van der Waals surface area contributed by atoms with E-state index in [9.17, 15) is 13.2 Å². The average Bonchev–Trinajstić information content (AvgIpc) is 2.54. The van der Waals surface area contributed by atoms with E-state index in [0.29, 0.717) is 43.9 Å². The first-order chi connectivity index (χ1) is 10.5. The highest BCUT2D eigenvalue weighted by Crippen LogP contribution is 2.20. The van der Waals surface area contributed by atoms with Crippen LogP contribution in [0.3, 0.4) is 0 Å². The summed E-state index contributed by atoms with van der Waals surface area (Å²) in [6.45, 7) is 3.35.